The van der Waals surface area contributed by atoms with Crippen LogP contribution in [-0.4, -0.2) is 48.1 Å². The summed E-state index contributed by atoms with van der Waals surface area (Å²) in [6, 6.07) is 10.7. The Balaban J connectivity index is 1.72. The van der Waals surface area contributed by atoms with E-state index in [4.69, 9.17) is 0 Å². The van der Waals surface area contributed by atoms with Gasteiger partial charge in [-0.2, -0.15) is 4.31 Å². The minimum Gasteiger partial charge on any atom is -0.336 e. The van der Waals surface area contributed by atoms with E-state index >= 15 is 0 Å². The monoisotopic (exact) mass is 399 g/mol. The van der Waals surface area contributed by atoms with Crippen LogP contribution in [0.2, 0.25) is 0 Å². The lowest BCUT2D eigenvalue weighted by molar-refractivity contribution is 0.0762. The number of hydrogen-bond donors (Lipinski definition) is 0. The summed E-state index contributed by atoms with van der Waals surface area (Å²) in [6.07, 6.45) is 4.58. The van der Waals surface area contributed by atoms with Gasteiger partial charge >= 0.3 is 0 Å². The van der Waals surface area contributed by atoms with Crippen molar-refractivity contribution in [2.45, 2.75) is 37.1 Å². The largest absolute Gasteiger partial charge is 0.336 e. The first-order chi connectivity index (χ1) is 13.4. The van der Waals surface area contributed by atoms with Crippen LogP contribution in [0.4, 0.5) is 0 Å². The summed E-state index contributed by atoms with van der Waals surface area (Å²) >= 11 is 0. The molecule has 2 aliphatic rings. The summed E-state index contributed by atoms with van der Waals surface area (Å²) in [7, 11) is -3.56. The molecule has 0 bridgehead atoms. The molecule has 1 aromatic carbocycles. The summed E-state index contributed by atoms with van der Waals surface area (Å²) in [4.78, 5) is 19.1. The average molecular weight is 400 g/mol. The van der Waals surface area contributed by atoms with Gasteiger partial charge in [-0.25, -0.2) is 8.42 Å². The Morgan fingerprint density at radius 2 is 2.00 bits per heavy atom. The third-order valence-electron chi connectivity index (χ3n) is 5.79. The van der Waals surface area contributed by atoms with Crippen LogP contribution in [-0.2, 0) is 15.6 Å². The normalized spacial score (nSPS) is 23.5. The second-order valence-corrected chi connectivity index (χ2v) is 9.84. The average Bonchev–Trinajstić information content (AvgIpc) is 3.20. The lowest BCUT2D eigenvalue weighted by Crippen LogP contribution is -2.47. The van der Waals surface area contributed by atoms with E-state index in [2.05, 4.69) is 18.8 Å². The second kappa shape index (κ2) is 6.97. The highest BCUT2D eigenvalue weighted by Gasteiger charge is 2.57. The van der Waals surface area contributed by atoms with Gasteiger partial charge in [0.05, 0.1) is 16.0 Å². The van der Waals surface area contributed by atoms with Crippen molar-refractivity contribution in [3.05, 3.63) is 59.9 Å². The molecule has 1 saturated heterocycles. The van der Waals surface area contributed by atoms with Crippen molar-refractivity contribution in [3.63, 3.8) is 0 Å². The van der Waals surface area contributed by atoms with Crippen molar-refractivity contribution in [2.24, 2.45) is 5.92 Å². The van der Waals surface area contributed by atoms with Crippen LogP contribution in [0.15, 0.2) is 53.7 Å². The molecule has 0 saturated carbocycles. The third kappa shape index (κ3) is 2.93. The number of carbonyl (C=O) groups excluding carboxylic acids is 1. The molecule has 0 aliphatic carbocycles. The molecule has 1 aromatic heterocycles. The minimum absolute atomic E-state index is 0.101. The van der Waals surface area contributed by atoms with E-state index in [1.54, 1.807) is 45.9 Å². The van der Waals surface area contributed by atoms with E-state index in [0.29, 0.717) is 42.4 Å². The van der Waals surface area contributed by atoms with Crippen molar-refractivity contribution in [3.8, 4) is 0 Å². The Morgan fingerprint density at radius 1 is 1.21 bits per heavy atom. The molecular formula is C21H25N3O3S. The van der Waals surface area contributed by atoms with Crippen molar-refractivity contribution < 1.29 is 13.2 Å². The smallest absolute Gasteiger partial charge is 0.255 e. The van der Waals surface area contributed by atoms with Crippen LogP contribution in [0, 0.1) is 5.92 Å². The number of benzene rings is 1. The zero-order chi connectivity index (χ0) is 19.9. The van der Waals surface area contributed by atoms with Gasteiger partial charge in [0.1, 0.15) is 0 Å². The van der Waals surface area contributed by atoms with Gasteiger partial charge in [-0.15, -0.1) is 0 Å². The summed E-state index contributed by atoms with van der Waals surface area (Å²) in [6.45, 7) is 5.54. The van der Waals surface area contributed by atoms with E-state index in [9.17, 15) is 13.2 Å². The fourth-order valence-corrected chi connectivity index (χ4v) is 6.41. The summed E-state index contributed by atoms with van der Waals surface area (Å²) in [5, 5.41) is 0. The molecule has 3 heterocycles. The van der Waals surface area contributed by atoms with E-state index in [1.165, 1.54) is 0 Å². The molecule has 148 valence electrons. The molecule has 28 heavy (non-hydrogen) atoms. The molecule has 1 spiro atoms. The van der Waals surface area contributed by atoms with Gasteiger partial charge in [0.25, 0.3) is 5.91 Å². The number of hydrogen-bond acceptors (Lipinski definition) is 4. The van der Waals surface area contributed by atoms with Crippen molar-refractivity contribution >= 4 is 15.9 Å². The maximum atomic E-state index is 13.3. The summed E-state index contributed by atoms with van der Waals surface area (Å²) in [5.41, 5.74) is 0.671. The predicted octanol–water partition coefficient (Wildman–Crippen LogP) is 2.87. The molecule has 0 radical (unpaired) electrons. The highest BCUT2D eigenvalue weighted by Crippen LogP contribution is 2.49. The molecule has 1 atom stereocenters. The number of fused-ring (bicyclic) bond motifs is 2. The predicted molar refractivity (Wildman–Crippen MR) is 106 cm³/mol. The molecule has 2 aliphatic heterocycles. The number of sulfonamides is 1. The molecule has 1 unspecified atom stereocenters. The van der Waals surface area contributed by atoms with Crippen molar-refractivity contribution in [1.82, 2.24) is 14.2 Å². The number of pyridine rings is 1. The summed E-state index contributed by atoms with van der Waals surface area (Å²) in [5.74, 6) is 0.293. The Kier molecular flexibility index (Phi) is 4.75. The zero-order valence-corrected chi connectivity index (χ0v) is 17.0. The van der Waals surface area contributed by atoms with Gasteiger partial charge in [-0.05, 0) is 42.5 Å². The zero-order valence-electron chi connectivity index (χ0n) is 16.2. The molecule has 0 N–H and O–H groups in total. The quantitative estimate of drug-likeness (QED) is 0.793. The van der Waals surface area contributed by atoms with E-state index in [-0.39, 0.29) is 5.91 Å². The molecule has 4 rings (SSSR count). The Morgan fingerprint density at radius 3 is 2.71 bits per heavy atom. The van der Waals surface area contributed by atoms with Crippen LogP contribution in [0.1, 0.15) is 42.6 Å². The number of carbonyl (C=O) groups is 1. The van der Waals surface area contributed by atoms with Gasteiger partial charge < -0.3 is 4.90 Å². The van der Waals surface area contributed by atoms with E-state index < -0.39 is 15.6 Å². The van der Waals surface area contributed by atoms with Crippen LogP contribution in [0.3, 0.4) is 0 Å². The number of amides is 1. The van der Waals surface area contributed by atoms with Crippen LogP contribution < -0.4 is 0 Å². The first-order valence-electron chi connectivity index (χ1n) is 9.68. The van der Waals surface area contributed by atoms with Gasteiger partial charge in [-0.3, -0.25) is 9.78 Å². The van der Waals surface area contributed by atoms with E-state index in [0.717, 1.165) is 12.0 Å². The molecule has 7 heteroatoms. The lowest BCUT2D eigenvalue weighted by Gasteiger charge is -2.34. The maximum absolute atomic E-state index is 13.3. The highest BCUT2D eigenvalue weighted by atomic mass is 32.2. The first-order valence-corrected chi connectivity index (χ1v) is 11.1. The second-order valence-electron chi connectivity index (χ2n) is 8.01. The van der Waals surface area contributed by atoms with E-state index in [1.807, 2.05) is 12.1 Å². The molecular weight excluding hydrogens is 374 g/mol. The maximum Gasteiger partial charge on any atom is 0.255 e. The number of nitrogens with zero attached hydrogens (tertiary/aromatic N) is 3. The Bertz CT molecular complexity index is 991. The Hall–Kier alpha value is -2.25. The number of aromatic nitrogens is 1. The van der Waals surface area contributed by atoms with Gasteiger partial charge in [0.2, 0.25) is 10.0 Å². The van der Waals surface area contributed by atoms with Crippen LogP contribution in [0.25, 0.3) is 0 Å². The molecule has 1 fully saturated rings. The van der Waals surface area contributed by atoms with Gasteiger partial charge in [-0.1, -0.05) is 32.0 Å². The minimum atomic E-state index is -3.56. The first kappa shape index (κ1) is 19.1. The van der Waals surface area contributed by atoms with Crippen LogP contribution >= 0.6 is 0 Å². The number of rotatable bonds is 4. The lowest BCUT2D eigenvalue weighted by atomic mass is 9.88. The van der Waals surface area contributed by atoms with Crippen molar-refractivity contribution in [2.75, 3.05) is 19.6 Å². The van der Waals surface area contributed by atoms with Crippen molar-refractivity contribution in [1.29, 1.82) is 0 Å². The molecule has 2 aromatic rings. The standard InChI is InChI=1S/C21H25N3O3S/c1-16(2)9-12-24-21(18-7-3-4-8-19(18)28(24,26)27)10-13-23(15-21)20(25)17-6-5-11-22-14-17/h3-8,11,14,16H,9-10,12-13,15H2,1-2H3. The summed E-state index contributed by atoms with van der Waals surface area (Å²) < 4.78 is 28.3. The van der Waals surface area contributed by atoms with Gasteiger partial charge in [0.15, 0.2) is 0 Å². The fraction of sp³-hybridized carbons (Fsp3) is 0.429. The van der Waals surface area contributed by atoms with Gasteiger partial charge in [0, 0.05) is 32.0 Å². The topological polar surface area (TPSA) is 70.6 Å². The van der Waals surface area contributed by atoms with Crippen LogP contribution in [0.5, 0.6) is 0 Å². The molecule has 1 amide bonds. The SMILES string of the molecule is CC(C)CCN1C2(CCN(C(=O)c3cccnc3)C2)c2ccccc2S1(=O)=O. The third-order valence-corrected chi connectivity index (χ3v) is 7.81. The Labute approximate surface area is 166 Å². The number of likely N-dealkylation sites (tertiary alicyclic amines) is 1. The highest BCUT2D eigenvalue weighted by molar-refractivity contribution is 7.89. The fourth-order valence-electron chi connectivity index (χ4n) is 4.33. The molecule has 6 nitrogen and oxygen atoms in total.